The molecule has 0 amide bonds. The first-order valence-corrected chi connectivity index (χ1v) is 12.1. The van der Waals surface area contributed by atoms with Crippen LogP contribution >= 0.6 is 11.3 Å². The van der Waals surface area contributed by atoms with E-state index in [0.29, 0.717) is 17.7 Å². The van der Waals surface area contributed by atoms with E-state index in [1.807, 2.05) is 12.1 Å². The molecule has 0 spiro atoms. The largest absolute Gasteiger partial charge is 0.494 e. The van der Waals surface area contributed by atoms with E-state index >= 15 is 0 Å². The lowest BCUT2D eigenvalue weighted by atomic mass is 10.1. The number of benzene rings is 2. The van der Waals surface area contributed by atoms with Gasteiger partial charge in [-0.25, -0.2) is 23.1 Å². The molecule has 0 saturated carbocycles. The summed E-state index contributed by atoms with van der Waals surface area (Å²) >= 11 is 1.52. The van der Waals surface area contributed by atoms with Gasteiger partial charge in [0.1, 0.15) is 0 Å². The molecule has 0 unspecified atom stereocenters. The molecule has 11 heteroatoms. The number of nitrogens with zero attached hydrogens (tertiary/aromatic N) is 3. The van der Waals surface area contributed by atoms with Crippen molar-refractivity contribution >= 4 is 54.4 Å². The predicted molar refractivity (Wildman–Crippen MR) is 124 cm³/mol. The van der Waals surface area contributed by atoms with Gasteiger partial charge in [0.15, 0.2) is 5.88 Å². The molecule has 5 aromatic rings. The molecule has 0 saturated heterocycles. The van der Waals surface area contributed by atoms with Crippen LogP contribution in [0.4, 0.5) is 5.69 Å². The van der Waals surface area contributed by atoms with Crippen LogP contribution in [0.15, 0.2) is 64.3 Å². The van der Waals surface area contributed by atoms with Gasteiger partial charge in [-0.05, 0) is 36.4 Å². The maximum absolute atomic E-state index is 12.5. The monoisotopic (exact) mass is 466 g/mol. The summed E-state index contributed by atoms with van der Waals surface area (Å²) in [7, 11) is -3.63. The minimum absolute atomic E-state index is 0.00455. The highest BCUT2D eigenvalue weighted by molar-refractivity contribution is 7.89. The molecule has 2 aromatic carbocycles. The average molecular weight is 467 g/mol. The SMILES string of the molecule is O=S(=O)(NCCc1cnc[nH]1)c1ccc(N=Cc2c(O)[nH]c3ccc4scnc4c23)cc1. The molecule has 0 atom stereocenters. The summed E-state index contributed by atoms with van der Waals surface area (Å²) in [6.45, 7) is 0.259. The van der Waals surface area contributed by atoms with Crippen molar-refractivity contribution in [3.8, 4) is 5.88 Å². The molecule has 0 aliphatic carbocycles. The van der Waals surface area contributed by atoms with Crippen LogP contribution in [0.5, 0.6) is 5.88 Å². The Balaban J connectivity index is 1.35. The zero-order valence-corrected chi connectivity index (χ0v) is 18.2. The van der Waals surface area contributed by atoms with E-state index in [2.05, 4.69) is 29.7 Å². The predicted octanol–water partition coefficient (Wildman–Crippen LogP) is 3.48. The van der Waals surface area contributed by atoms with Gasteiger partial charge in [-0.1, -0.05) is 0 Å². The zero-order chi connectivity index (χ0) is 22.1. The number of nitrogens with one attached hydrogen (secondary N) is 3. The number of aliphatic imine (C=N–C) groups is 1. The van der Waals surface area contributed by atoms with E-state index in [0.717, 1.165) is 26.8 Å². The van der Waals surface area contributed by atoms with Crippen molar-refractivity contribution in [3.63, 3.8) is 0 Å². The molecule has 9 nitrogen and oxygen atoms in total. The minimum atomic E-state index is -3.63. The van der Waals surface area contributed by atoms with Crippen molar-refractivity contribution in [2.75, 3.05) is 6.54 Å². The Morgan fingerprint density at radius 2 is 2.03 bits per heavy atom. The molecule has 4 N–H and O–H groups in total. The number of aromatic amines is 2. The van der Waals surface area contributed by atoms with Crippen LogP contribution in [-0.4, -0.2) is 46.2 Å². The van der Waals surface area contributed by atoms with Crippen molar-refractivity contribution in [3.05, 3.63) is 65.7 Å². The highest BCUT2D eigenvalue weighted by Gasteiger charge is 2.15. The van der Waals surface area contributed by atoms with Crippen LogP contribution < -0.4 is 4.72 Å². The second kappa shape index (κ2) is 8.19. The molecule has 32 heavy (non-hydrogen) atoms. The number of imidazole rings is 1. The normalized spacial score (nSPS) is 12.4. The Bertz CT molecular complexity index is 1520. The van der Waals surface area contributed by atoms with Crippen molar-refractivity contribution in [1.82, 2.24) is 24.7 Å². The number of hydrogen-bond acceptors (Lipinski definition) is 7. The number of H-pyrrole nitrogens is 2. The molecule has 0 radical (unpaired) electrons. The third-order valence-corrected chi connectivity index (χ3v) is 7.28. The number of hydrogen-bond donors (Lipinski definition) is 4. The summed E-state index contributed by atoms with van der Waals surface area (Å²) in [4.78, 5) is 18.8. The van der Waals surface area contributed by atoms with E-state index < -0.39 is 10.0 Å². The lowest BCUT2D eigenvalue weighted by molar-refractivity contribution is 0.457. The van der Waals surface area contributed by atoms with Gasteiger partial charge in [0.05, 0.1) is 43.7 Å². The van der Waals surface area contributed by atoms with Gasteiger partial charge in [-0.2, -0.15) is 0 Å². The Hall–Kier alpha value is -3.54. The number of thiazole rings is 1. The van der Waals surface area contributed by atoms with Crippen molar-refractivity contribution in [2.24, 2.45) is 4.99 Å². The summed E-state index contributed by atoms with van der Waals surface area (Å²) in [6, 6.07) is 10.1. The Kier molecular flexibility index (Phi) is 5.21. The second-order valence-electron chi connectivity index (χ2n) is 7.05. The van der Waals surface area contributed by atoms with Crippen LogP contribution in [-0.2, 0) is 16.4 Å². The minimum Gasteiger partial charge on any atom is -0.494 e. The summed E-state index contributed by atoms with van der Waals surface area (Å²) in [5, 5.41) is 11.1. The second-order valence-corrected chi connectivity index (χ2v) is 9.70. The molecule has 162 valence electrons. The molecule has 0 aliphatic rings. The van der Waals surface area contributed by atoms with E-state index in [-0.39, 0.29) is 17.3 Å². The Morgan fingerprint density at radius 1 is 1.19 bits per heavy atom. The topological polar surface area (TPSA) is 136 Å². The number of rotatable bonds is 7. The quantitative estimate of drug-likeness (QED) is 0.272. The van der Waals surface area contributed by atoms with Crippen LogP contribution in [0.3, 0.4) is 0 Å². The Morgan fingerprint density at radius 3 is 2.81 bits per heavy atom. The average Bonchev–Trinajstić information content (AvgIpc) is 3.52. The summed E-state index contributed by atoms with van der Waals surface area (Å²) in [6.07, 6.45) is 5.28. The molecule has 0 fully saturated rings. The van der Waals surface area contributed by atoms with Gasteiger partial charge in [0.25, 0.3) is 0 Å². The fourth-order valence-electron chi connectivity index (χ4n) is 3.42. The highest BCUT2D eigenvalue weighted by atomic mass is 32.2. The number of aromatic hydroxyl groups is 1. The van der Waals surface area contributed by atoms with Gasteiger partial charge in [-0.3, -0.25) is 4.99 Å². The zero-order valence-electron chi connectivity index (χ0n) is 16.6. The third kappa shape index (κ3) is 3.88. The summed E-state index contributed by atoms with van der Waals surface area (Å²) in [5.74, 6) is 0.00455. The summed E-state index contributed by atoms with van der Waals surface area (Å²) < 4.78 is 28.6. The molecule has 0 bridgehead atoms. The number of aromatic nitrogens is 4. The Labute approximate surface area is 187 Å². The fourth-order valence-corrected chi connectivity index (χ4v) is 5.14. The van der Waals surface area contributed by atoms with Crippen molar-refractivity contribution in [1.29, 1.82) is 0 Å². The first-order valence-electron chi connectivity index (χ1n) is 9.69. The molecule has 5 rings (SSSR count). The van der Waals surface area contributed by atoms with Gasteiger partial charge in [-0.15, -0.1) is 11.3 Å². The van der Waals surface area contributed by atoms with Crippen LogP contribution in [0.25, 0.3) is 21.1 Å². The van der Waals surface area contributed by atoms with Gasteiger partial charge in [0.2, 0.25) is 10.0 Å². The van der Waals surface area contributed by atoms with Crippen LogP contribution in [0.1, 0.15) is 11.3 Å². The van der Waals surface area contributed by atoms with E-state index in [9.17, 15) is 13.5 Å². The standard InChI is InChI=1S/C21H18N6O3S2/c28-21-16(19-17(27-21)5-6-18-20(19)25-12-31-18)10-23-13-1-3-15(4-2-13)32(29,30)26-8-7-14-9-22-11-24-14/h1-6,9-12,26-28H,7-8H2,(H,22,24). The van der Waals surface area contributed by atoms with Crippen LogP contribution in [0.2, 0.25) is 0 Å². The lowest BCUT2D eigenvalue weighted by Gasteiger charge is -2.06. The van der Waals surface area contributed by atoms with E-state index in [1.165, 1.54) is 23.5 Å². The maximum atomic E-state index is 12.5. The number of fused-ring (bicyclic) bond motifs is 3. The maximum Gasteiger partial charge on any atom is 0.240 e. The lowest BCUT2D eigenvalue weighted by Crippen LogP contribution is -2.26. The summed E-state index contributed by atoms with van der Waals surface area (Å²) in [5.41, 5.74) is 5.28. The van der Waals surface area contributed by atoms with Gasteiger partial charge < -0.3 is 15.1 Å². The van der Waals surface area contributed by atoms with Crippen LogP contribution in [0, 0.1) is 0 Å². The van der Waals surface area contributed by atoms with Crippen molar-refractivity contribution < 1.29 is 13.5 Å². The fraction of sp³-hybridized carbons (Fsp3) is 0.0952. The molecule has 3 heterocycles. The van der Waals surface area contributed by atoms with E-state index in [4.69, 9.17) is 0 Å². The van der Waals surface area contributed by atoms with E-state index in [1.54, 1.807) is 36.4 Å². The third-order valence-electron chi connectivity index (χ3n) is 5.01. The van der Waals surface area contributed by atoms with Crippen molar-refractivity contribution in [2.45, 2.75) is 11.3 Å². The highest BCUT2D eigenvalue weighted by Crippen LogP contribution is 2.33. The molecule has 0 aliphatic heterocycles. The van der Waals surface area contributed by atoms with Gasteiger partial charge >= 0.3 is 0 Å². The molecular formula is C21H18N6O3S2. The molecular weight excluding hydrogens is 448 g/mol. The first-order chi connectivity index (χ1) is 15.5. The smallest absolute Gasteiger partial charge is 0.240 e. The van der Waals surface area contributed by atoms with Gasteiger partial charge in [0, 0.05) is 36.5 Å². The molecule has 3 aromatic heterocycles. The first kappa shape index (κ1) is 20.4. The number of sulfonamides is 1.